The fraction of sp³-hybridized carbons (Fsp3) is 0.562. The first-order chi connectivity index (χ1) is 9.34. The third-order valence-electron chi connectivity index (χ3n) is 4.27. The zero-order valence-corrected chi connectivity index (χ0v) is 12.6. The van der Waals surface area contributed by atoms with Gasteiger partial charge in [-0.3, -0.25) is 4.48 Å². The molecule has 0 unspecified atom stereocenters. The normalized spacial score (nSPS) is 18.6. The molecule has 0 aliphatic heterocycles. The summed E-state index contributed by atoms with van der Waals surface area (Å²) in [6.45, 7) is 0. The molecule has 1 aliphatic carbocycles. The van der Waals surface area contributed by atoms with Gasteiger partial charge in [0.1, 0.15) is 5.75 Å². The first kappa shape index (κ1) is 14.9. The van der Waals surface area contributed by atoms with Crippen molar-refractivity contribution in [3.05, 3.63) is 29.8 Å². The molecular weight excluding hydrogens is 254 g/mol. The van der Waals surface area contributed by atoms with Crippen LogP contribution >= 0.6 is 0 Å². The quantitative estimate of drug-likeness (QED) is 0.680. The molecule has 1 aromatic rings. The van der Waals surface area contributed by atoms with Crippen LogP contribution in [0.4, 0.5) is 0 Å². The highest BCUT2D eigenvalue weighted by Gasteiger charge is 2.46. The van der Waals surface area contributed by atoms with Gasteiger partial charge in [-0.05, 0) is 37.1 Å². The van der Waals surface area contributed by atoms with Gasteiger partial charge in [0.25, 0.3) is 0 Å². The second-order valence-corrected chi connectivity index (χ2v) is 6.45. The Bertz CT molecular complexity index is 467. The van der Waals surface area contributed by atoms with E-state index in [2.05, 4.69) is 21.1 Å². The molecule has 0 amide bonds. The summed E-state index contributed by atoms with van der Waals surface area (Å²) in [5.74, 6) is -0.152. The van der Waals surface area contributed by atoms with Crippen LogP contribution in [0.25, 0.3) is 0 Å². The predicted octanol–water partition coefficient (Wildman–Crippen LogP) is 3.13. The molecule has 4 heteroatoms. The van der Waals surface area contributed by atoms with Gasteiger partial charge in [-0.2, -0.15) is 0 Å². The minimum atomic E-state index is -0.907. The molecule has 0 atom stereocenters. The monoisotopic (exact) mass is 278 g/mol. The van der Waals surface area contributed by atoms with Crippen molar-refractivity contribution in [2.45, 2.75) is 37.8 Å². The maximum atomic E-state index is 10.9. The molecule has 0 spiro atoms. The summed E-state index contributed by atoms with van der Waals surface area (Å²) in [5, 5.41) is 8.93. The lowest BCUT2D eigenvalue weighted by Gasteiger charge is -2.47. The van der Waals surface area contributed by atoms with Gasteiger partial charge in [-0.1, -0.05) is 6.42 Å². The van der Waals surface area contributed by atoms with E-state index in [-0.39, 0.29) is 5.72 Å². The Morgan fingerprint density at radius 2 is 1.65 bits per heavy atom. The van der Waals surface area contributed by atoms with Crippen LogP contribution in [0.5, 0.6) is 5.75 Å². The zero-order valence-electron chi connectivity index (χ0n) is 12.6. The van der Waals surface area contributed by atoms with E-state index >= 15 is 0 Å². The highest BCUT2D eigenvalue weighted by molar-refractivity contribution is 5.87. The van der Waals surface area contributed by atoms with Crippen molar-refractivity contribution in [2.75, 3.05) is 21.1 Å². The number of carbonyl (C=O) groups is 1. The number of hydrogen-bond acceptors (Lipinski definition) is 2. The first-order valence-corrected chi connectivity index (χ1v) is 7.18. The van der Waals surface area contributed by atoms with Crippen LogP contribution in [0.2, 0.25) is 0 Å². The van der Waals surface area contributed by atoms with E-state index in [1.54, 1.807) is 24.3 Å². The Balaban J connectivity index is 2.22. The van der Waals surface area contributed by atoms with Gasteiger partial charge in [-0.15, -0.1) is 0 Å². The molecule has 1 N–H and O–H groups in total. The third kappa shape index (κ3) is 2.96. The van der Waals surface area contributed by atoms with Crippen LogP contribution in [0.15, 0.2) is 24.3 Å². The average molecular weight is 278 g/mol. The van der Waals surface area contributed by atoms with Gasteiger partial charge < -0.3 is 9.84 Å². The van der Waals surface area contributed by atoms with Crippen molar-refractivity contribution >= 4 is 5.97 Å². The van der Waals surface area contributed by atoms with Gasteiger partial charge in [0.05, 0.1) is 26.7 Å². The molecular formula is C16H24NO3+. The van der Waals surface area contributed by atoms with E-state index in [4.69, 9.17) is 9.84 Å². The molecule has 110 valence electrons. The van der Waals surface area contributed by atoms with Gasteiger partial charge in [0, 0.05) is 12.8 Å². The van der Waals surface area contributed by atoms with Crippen LogP contribution < -0.4 is 4.74 Å². The van der Waals surface area contributed by atoms with Crippen molar-refractivity contribution < 1.29 is 19.1 Å². The van der Waals surface area contributed by atoms with E-state index in [9.17, 15) is 4.79 Å². The molecule has 0 saturated heterocycles. The van der Waals surface area contributed by atoms with Gasteiger partial charge in [0.2, 0.25) is 5.72 Å². The summed E-state index contributed by atoms with van der Waals surface area (Å²) in [7, 11) is 6.49. The number of aromatic carboxylic acids is 1. The predicted molar refractivity (Wildman–Crippen MR) is 77.9 cm³/mol. The summed E-state index contributed by atoms with van der Waals surface area (Å²) >= 11 is 0. The molecule has 4 nitrogen and oxygen atoms in total. The first-order valence-electron chi connectivity index (χ1n) is 7.18. The second-order valence-electron chi connectivity index (χ2n) is 6.45. The SMILES string of the molecule is C[N+](C)(C)C1(Oc2ccc(C(=O)O)cc2)CCCCC1. The molecule has 0 aromatic heterocycles. The minimum Gasteiger partial charge on any atom is -0.478 e. The molecule has 1 aliphatic rings. The molecule has 20 heavy (non-hydrogen) atoms. The van der Waals surface area contributed by atoms with E-state index in [1.807, 2.05) is 0 Å². The molecule has 0 heterocycles. The zero-order chi connectivity index (χ0) is 14.8. The van der Waals surface area contributed by atoms with E-state index < -0.39 is 5.97 Å². The molecule has 2 rings (SSSR count). The summed E-state index contributed by atoms with van der Waals surface area (Å²) < 4.78 is 7.08. The number of hydrogen-bond donors (Lipinski definition) is 1. The minimum absolute atomic E-state index is 0.205. The summed E-state index contributed by atoms with van der Waals surface area (Å²) in [6, 6.07) is 6.72. The topological polar surface area (TPSA) is 46.5 Å². The molecule has 0 radical (unpaired) electrons. The van der Waals surface area contributed by atoms with E-state index in [0.717, 1.165) is 23.1 Å². The average Bonchev–Trinajstić information content (AvgIpc) is 2.39. The molecule has 1 saturated carbocycles. The van der Waals surface area contributed by atoms with Gasteiger partial charge in [-0.25, -0.2) is 4.79 Å². The fourth-order valence-electron chi connectivity index (χ4n) is 2.90. The Hall–Kier alpha value is -1.55. The summed E-state index contributed by atoms with van der Waals surface area (Å²) in [4.78, 5) is 10.9. The van der Waals surface area contributed by atoms with Crippen LogP contribution in [-0.2, 0) is 0 Å². The second kappa shape index (κ2) is 5.44. The Kier molecular flexibility index (Phi) is 4.04. The Labute approximate surface area is 120 Å². The number of rotatable bonds is 4. The highest BCUT2D eigenvalue weighted by atomic mass is 16.5. The smallest absolute Gasteiger partial charge is 0.335 e. The van der Waals surface area contributed by atoms with Crippen LogP contribution in [-0.4, -0.2) is 42.4 Å². The van der Waals surface area contributed by atoms with Crippen LogP contribution in [0, 0.1) is 0 Å². The number of carboxylic acids is 1. The number of nitrogens with zero attached hydrogens (tertiary/aromatic N) is 1. The fourth-order valence-corrected chi connectivity index (χ4v) is 2.90. The lowest BCUT2D eigenvalue weighted by atomic mass is 9.89. The summed E-state index contributed by atoms with van der Waals surface area (Å²) in [6.07, 6.45) is 5.71. The van der Waals surface area contributed by atoms with Crippen molar-refractivity contribution in [2.24, 2.45) is 0 Å². The number of benzene rings is 1. The number of ether oxygens (including phenoxy) is 1. The van der Waals surface area contributed by atoms with Crippen molar-refractivity contribution in [1.82, 2.24) is 0 Å². The largest absolute Gasteiger partial charge is 0.478 e. The number of quaternary nitrogens is 1. The summed E-state index contributed by atoms with van der Waals surface area (Å²) in [5.41, 5.74) is 0.0866. The number of carboxylic acid groups (broad SMARTS) is 1. The third-order valence-corrected chi connectivity index (χ3v) is 4.27. The van der Waals surface area contributed by atoms with Crippen molar-refractivity contribution in [1.29, 1.82) is 0 Å². The van der Waals surface area contributed by atoms with Crippen molar-refractivity contribution in [3.8, 4) is 5.75 Å². The van der Waals surface area contributed by atoms with Gasteiger partial charge >= 0.3 is 5.97 Å². The Morgan fingerprint density at radius 1 is 1.10 bits per heavy atom. The van der Waals surface area contributed by atoms with E-state index in [1.165, 1.54) is 19.3 Å². The molecule has 0 bridgehead atoms. The lowest BCUT2D eigenvalue weighted by molar-refractivity contribution is -0.947. The standard InChI is InChI=1S/C16H23NO3/c1-17(2,3)16(11-5-4-6-12-16)20-14-9-7-13(8-10-14)15(18)19/h7-10H,4-6,11-12H2,1-3H3/p+1. The molecule has 1 fully saturated rings. The van der Waals surface area contributed by atoms with Gasteiger partial charge in [0.15, 0.2) is 0 Å². The Morgan fingerprint density at radius 3 is 2.10 bits per heavy atom. The molecule has 1 aromatic carbocycles. The lowest BCUT2D eigenvalue weighted by Crippen LogP contribution is -2.61. The highest BCUT2D eigenvalue weighted by Crippen LogP contribution is 2.37. The van der Waals surface area contributed by atoms with Crippen LogP contribution in [0.3, 0.4) is 0 Å². The van der Waals surface area contributed by atoms with E-state index in [0.29, 0.717) is 5.56 Å². The van der Waals surface area contributed by atoms with Crippen molar-refractivity contribution in [3.63, 3.8) is 0 Å². The van der Waals surface area contributed by atoms with Crippen LogP contribution in [0.1, 0.15) is 42.5 Å². The maximum Gasteiger partial charge on any atom is 0.335 e. The maximum absolute atomic E-state index is 10.9.